The highest BCUT2D eigenvalue weighted by molar-refractivity contribution is 7.99. The van der Waals surface area contributed by atoms with Gasteiger partial charge in [-0.1, -0.05) is 30.3 Å². The van der Waals surface area contributed by atoms with E-state index in [2.05, 4.69) is 47.0 Å². The van der Waals surface area contributed by atoms with Crippen molar-refractivity contribution < 1.29 is 0 Å². The summed E-state index contributed by atoms with van der Waals surface area (Å²) in [4.78, 5) is 2.73. The first-order valence-electron chi connectivity index (χ1n) is 8.42. The van der Waals surface area contributed by atoms with E-state index in [1.807, 2.05) is 0 Å². The topological polar surface area (TPSA) is 29.3 Å². The molecule has 2 aliphatic rings. The lowest BCUT2D eigenvalue weighted by atomic mass is 9.73. The van der Waals surface area contributed by atoms with Gasteiger partial charge >= 0.3 is 0 Å². The number of hydrogen-bond acceptors (Lipinski definition) is 3. The third-order valence-corrected chi connectivity index (χ3v) is 6.51. The third-order valence-electron chi connectivity index (χ3n) is 5.46. The van der Waals surface area contributed by atoms with Crippen molar-refractivity contribution in [1.29, 1.82) is 0 Å². The van der Waals surface area contributed by atoms with Gasteiger partial charge in [0.15, 0.2) is 0 Å². The third kappa shape index (κ3) is 3.46. The first kappa shape index (κ1) is 15.4. The normalized spacial score (nSPS) is 31.8. The maximum Gasteiger partial charge on any atom is 0.0332 e. The molecule has 1 aliphatic heterocycles. The van der Waals surface area contributed by atoms with Gasteiger partial charge in [0.05, 0.1) is 0 Å². The number of benzene rings is 1. The Bertz CT molecular complexity index is 418. The second kappa shape index (κ2) is 7.17. The van der Waals surface area contributed by atoms with Crippen molar-refractivity contribution in [1.82, 2.24) is 4.90 Å². The quantitative estimate of drug-likeness (QED) is 0.927. The molecule has 0 radical (unpaired) electrons. The van der Waals surface area contributed by atoms with Crippen molar-refractivity contribution >= 4 is 11.8 Å². The van der Waals surface area contributed by atoms with E-state index in [0.717, 1.165) is 12.5 Å². The Morgan fingerprint density at radius 1 is 1.10 bits per heavy atom. The summed E-state index contributed by atoms with van der Waals surface area (Å²) in [5.41, 5.74) is 8.07. The van der Waals surface area contributed by atoms with Gasteiger partial charge in [-0.3, -0.25) is 4.90 Å². The van der Waals surface area contributed by atoms with Crippen LogP contribution in [-0.4, -0.2) is 41.6 Å². The standard InChI is InChI=1S/C18H28N2S/c19-15-18(20-11-4-13-21-14-12-20)9-7-17(8-10-18)16-5-2-1-3-6-16/h1-3,5-6,17H,4,7-15,19H2. The van der Waals surface area contributed by atoms with Crippen LogP contribution in [0.3, 0.4) is 0 Å². The van der Waals surface area contributed by atoms with Crippen LogP contribution in [0.4, 0.5) is 0 Å². The summed E-state index contributed by atoms with van der Waals surface area (Å²) >= 11 is 2.11. The van der Waals surface area contributed by atoms with Gasteiger partial charge in [0.25, 0.3) is 0 Å². The van der Waals surface area contributed by atoms with E-state index in [1.54, 1.807) is 0 Å². The summed E-state index contributed by atoms with van der Waals surface area (Å²) in [5, 5.41) is 0. The fourth-order valence-corrected chi connectivity index (χ4v) is 4.97. The Balaban J connectivity index is 1.66. The summed E-state index contributed by atoms with van der Waals surface area (Å²) in [6, 6.07) is 11.1. The molecule has 0 atom stereocenters. The Labute approximate surface area is 133 Å². The van der Waals surface area contributed by atoms with Gasteiger partial charge in [-0.25, -0.2) is 0 Å². The van der Waals surface area contributed by atoms with Gasteiger partial charge in [-0.2, -0.15) is 11.8 Å². The van der Waals surface area contributed by atoms with E-state index in [-0.39, 0.29) is 5.54 Å². The van der Waals surface area contributed by atoms with Crippen molar-refractivity contribution in [3.8, 4) is 0 Å². The van der Waals surface area contributed by atoms with Crippen LogP contribution in [0.2, 0.25) is 0 Å². The molecule has 2 nitrogen and oxygen atoms in total. The zero-order valence-electron chi connectivity index (χ0n) is 13.0. The molecule has 116 valence electrons. The molecule has 1 heterocycles. The number of rotatable bonds is 3. The molecule has 2 fully saturated rings. The fraction of sp³-hybridized carbons (Fsp3) is 0.667. The summed E-state index contributed by atoms with van der Waals surface area (Å²) in [6.07, 6.45) is 6.46. The zero-order chi connectivity index (χ0) is 14.5. The molecule has 2 N–H and O–H groups in total. The molecule has 0 unspecified atom stereocenters. The van der Waals surface area contributed by atoms with Crippen LogP contribution in [0, 0.1) is 0 Å². The fourth-order valence-electron chi connectivity index (χ4n) is 4.08. The summed E-state index contributed by atoms with van der Waals surface area (Å²) in [5.74, 6) is 3.35. The largest absolute Gasteiger partial charge is 0.329 e. The molecule has 1 aromatic rings. The number of nitrogens with two attached hydrogens (primary N) is 1. The molecular weight excluding hydrogens is 276 g/mol. The molecule has 0 amide bonds. The Kier molecular flexibility index (Phi) is 5.25. The van der Waals surface area contributed by atoms with Gasteiger partial charge in [0.1, 0.15) is 0 Å². The van der Waals surface area contributed by atoms with E-state index in [0.29, 0.717) is 0 Å². The minimum Gasteiger partial charge on any atom is -0.329 e. The highest BCUT2D eigenvalue weighted by Crippen LogP contribution is 2.41. The first-order valence-corrected chi connectivity index (χ1v) is 9.57. The lowest BCUT2D eigenvalue weighted by Gasteiger charge is -2.47. The van der Waals surface area contributed by atoms with E-state index in [9.17, 15) is 0 Å². The van der Waals surface area contributed by atoms with Crippen molar-refractivity contribution in [2.75, 3.05) is 31.1 Å². The Morgan fingerprint density at radius 3 is 2.57 bits per heavy atom. The van der Waals surface area contributed by atoms with E-state index >= 15 is 0 Å². The smallest absolute Gasteiger partial charge is 0.0332 e. The van der Waals surface area contributed by atoms with Crippen molar-refractivity contribution in [3.05, 3.63) is 35.9 Å². The van der Waals surface area contributed by atoms with Gasteiger partial charge in [-0.05, 0) is 55.9 Å². The van der Waals surface area contributed by atoms with Crippen LogP contribution in [0.25, 0.3) is 0 Å². The average molecular weight is 305 g/mol. The minimum absolute atomic E-state index is 0.288. The molecule has 1 saturated heterocycles. The maximum atomic E-state index is 6.26. The first-order chi connectivity index (χ1) is 10.3. The van der Waals surface area contributed by atoms with Crippen molar-refractivity contribution in [2.45, 2.75) is 43.6 Å². The molecule has 1 aromatic carbocycles. The van der Waals surface area contributed by atoms with Gasteiger partial charge in [0, 0.05) is 24.4 Å². The molecule has 1 aliphatic carbocycles. The van der Waals surface area contributed by atoms with Crippen LogP contribution in [0.15, 0.2) is 30.3 Å². The molecule has 21 heavy (non-hydrogen) atoms. The predicted octanol–water partition coefficient (Wildman–Crippen LogP) is 3.48. The summed E-state index contributed by atoms with van der Waals surface area (Å²) < 4.78 is 0. The second-order valence-corrected chi connectivity index (χ2v) is 7.79. The molecule has 0 bridgehead atoms. The molecule has 0 aromatic heterocycles. The van der Waals surface area contributed by atoms with Crippen LogP contribution < -0.4 is 5.73 Å². The number of hydrogen-bond donors (Lipinski definition) is 1. The van der Waals surface area contributed by atoms with E-state index < -0.39 is 0 Å². The Morgan fingerprint density at radius 2 is 1.86 bits per heavy atom. The monoisotopic (exact) mass is 304 g/mol. The lowest BCUT2D eigenvalue weighted by Crippen LogP contribution is -2.56. The molecule has 1 saturated carbocycles. The molecular formula is C18H28N2S. The molecule has 3 heteroatoms. The highest BCUT2D eigenvalue weighted by atomic mass is 32.2. The van der Waals surface area contributed by atoms with E-state index in [1.165, 1.54) is 62.3 Å². The van der Waals surface area contributed by atoms with Crippen molar-refractivity contribution in [3.63, 3.8) is 0 Å². The van der Waals surface area contributed by atoms with Crippen LogP contribution in [0.1, 0.15) is 43.6 Å². The maximum absolute atomic E-state index is 6.26. The molecule has 0 spiro atoms. The van der Waals surface area contributed by atoms with Gasteiger partial charge in [-0.15, -0.1) is 0 Å². The van der Waals surface area contributed by atoms with Gasteiger partial charge < -0.3 is 5.73 Å². The van der Waals surface area contributed by atoms with Crippen LogP contribution in [-0.2, 0) is 0 Å². The van der Waals surface area contributed by atoms with E-state index in [4.69, 9.17) is 5.73 Å². The lowest BCUT2D eigenvalue weighted by molar-refractivity contribution is 0.0587. The average Bonchev–Trinajstić information content (AvgIpc) is 2.85. The summed E-state index contributed by atoms with van der Waals surface area (Å²) in [6.45, 7) is 3.32. The SMILES string of the molecule is NCC1(N2CCCSCC2)CCC(c2ccccc2)CC1. The highest BCUT2D eigenvalue weighted by Gasteiger charge is 2.39. The van der Waals surface area contributed by atoms with Gasteiger partial charge in [0.2, 0.25) is 0 Å². The molecule has 3 rings (SSSR count). The van der Waals surface area contributed by atoms with Crippen LogP contribution in [0.5, 0.6) is 0 Å². The zero-order valence-corrected chi connectivity index (χ0v) is 13.8. The number of thioether (sulfide) groups is 1. The Hall–Kier alpha value is -0.510. The summed E-state index contributed by atoms with van der Waals surface area (Å²) in [7, 11) is 0. The van der Waals surface area contributed by atoms with Crippen LogP contribution >= 0.6 is 11.8 Å². The van der Waals surface area contributed by atoms with Crippen molar-refractivity contribution in [2.24, 2.45) is 5.73 Å². The number of nitrogens with zero attached hydrogens (tertiary/aromatic N) is 1. The minimum atomic E-state index is 0.288. The predicted molar refractivity (Wildman–Crippen MR) is 93.0 cm³/mol. The second-order valence-electron chi connectivity index (χ2n) is 6.57.